The second-order valence-corrected chi connectivity index (χ2v) is 5.57. The summed E-state index contributed by atoms with van der Waals surface area (Å²) in [6, 6.07) is 0.337. The number of hydrogen-bond acceptors (Lipinski definition) is 6. The van der Waals surface area contributed by atoms with Crippen LogP contribution in [0.5, 0.6) is 0 Å². The average molecular weight is 281 g/mol. The maximum absolute atomic E-state index is 5.77. The number of nitrogens with zero attached hydrogens (tertiary/aromatic N) is 2. The lowest BCUT2D eigenvalue weighted by atomic mass is 9.96. The van der Waals surface area contributed by atoms with Crippen molar-refractivity contribution >= 4 is 0 Å². The highest BCUT2D eigenvalue weighted by Gasteiger charge is 2.37. The van der Waals surface area contributed by atoms with Gasteiger partial charge in [0, 0.05) is 19.3 Å². The van der Waals surface area contributed by atoms with Gasteiger partial charge in [0.05, 0.1) is 12.5 Å². The van der Waals surface area contributed by atoms with Gasteiger partial charge in [-0.1, -0.05) is 5.16 Å². The molecule has 0 amide bonds. The first-order valence-corrected chi connectivity index (χ1v) is 7.53. The number of rotatable bonds is 6. The summed E-state index contributed by atoms with van der Waals surface area (Å²) in [6.07, 6.45) is 3.35. The minimum Gasteiger partial charge on any atom is -0.381 e. The lowest BCUT2D eigenvalue weighted by Gasteiger charge is -2.28. The number of ether oxygens (including phenoxy) is 2. The molecule has 0 radical (unpaired) electrons. The second-order valence-electron chi connectivity index (χ2n) is 5.57. The SMILES string of the molecule is CCOC(c1noc(C2COCCC2NC)n1)C1CC1. The van der Waals surface area contributed by atoms with Crippen LogP contribution in [0.3, 0.4) is 0 Å². The van der Waals surface area contributed by atoms with Crippen LogP contribution >= 0.6 is 0 Å². The number of aromatic nitrogens is 2. The molecule has 6 nitrogen and oxygen atoms in total. The molecule has 20 heavy (non-hydrogen) atoms. The summed E-state index contributed by atoms with van der Waals surface area (Å²) in [4.78, 5) is 4.59. The second kappa shape index (κ2) is 6.20. The molecular formula is C14H23N3O3. The van der Waals surface area contributed by atoms with Crippen LogP contribution in [0.15, 0.2) is 4.52 Å². The third-order valence-electron chi connectivity index (χ3n) is 4.15. The van der Waals surface area contributed by atoms with Gasteiger partial charge in [0.25, 0.3) is 0 Å². The average Bonchev–Trinajstić information content (AvgIpc) is 3.21. The minimum atomic E-state index is -0.00459. The molecule has 3 atom stereocenters. The van der Waals surface area contributed by atoms with Crippen molar-refractivity contribution < 1.29 is 14.0 Å². The van der Waals surface area contributed by atoms with Crippen molar-refractivity contribution in [1.82, 2.24) is 15.5 Å². The quantitative estimate of drug-likeness (QED) is 0.855. The predicted molar refractivity (Wildman–Crippen MR) is 72.4 cm³/mol. The van der Waals surface area contributed by atoms with Crippen LogP contribution in [0, 0.1) is 5.92 Å². The van der Waals surface area contributed by atoms with Gasteiger partial charge in [0.15, 0.2) is 0 Å². The van der Waals surface area contributed by atoms with Gasteiger partial charge in [-0.05, 0) is 39.2 Å². The Bertz CT molecular complexity index is 433. The van der Waals surface area contributed by atoms with Gasteiger partial charge in [-0.2, -0.15) is 4.98 Å². The Morgan fingerprint density at radius 1 is 1.40 bits per heavy atom. The van der Waals surface area contributed by atoms with Crippen LogP contribution in [0.1, 0.15) is 49.9 Å². The van der Waals surface area contributed by atoms with Crippen molar-refractivity contribution in [1.29, 1.82) is 0 Å². The van der Waals surface area contributed by atoms with Gasteiger partial charge in [0.2, 0.25) is 11.7 Å². The van der Waals surface area contributed by atoms with E-state index in [4.69, 9.17) is 14.0 Å². The molecule has 1 aromatic rings. The van der Waals surface area contributed by atoms with Crippen molar-refractivity contribution in [2.24, 2.45) is 5.92 Å². The van der Waals surface area contributed by atoms with E-state index in [1.54, 1.807) is 0 Å². The van der Waals surface area contributed by atoms with E-state index in [9.17, 15) is 0 Å². The zero-order chi connectivity index (χ0) is 13.9. The molecule has 1 saturated heterocycles. The Morgan fingerprint density at radius 3 is 2.95 bits per heavy atom. The van der Waals surface area contributed by atoms with E-state index in [0.717, 1.165) is 13.0 Å². The fourth-order valence-corrected chi connectivity index (χ4v) is 2.84. The molecule has 0 spiro atoms. The smallest absolute Gasteiger partial charge is 0.233 e. The summed E-state index contributed by atoms with van der Waals surface area (Å²) >= 11 is 0. The van der Waals surface area contributed by atoms with Gasteiger partial charge in [-0.3, -0.25) is 0 Å². The van der Waals surface area contributed by atoms with Crippen LogP contribution in [0.25, 0.3) is 0 Å². The minimum absolute atomic E-state index is 0.00459. The van der Waals surface area contributed by atoms with Crippen molar-refractivity contribution in [2.75, 3.05) is 26.9 Å². The molecule has 112 valence electrons. The normalized spacial score (nSPS) is 28.5. The first-order chi connectivity index (χ1) is 9.83. The van der Waals surface area contributed by atoms with E-state index >= 15 is 0 Å². The van der Waals surface area contributed by atoms with Crippen LogP contribution < -0.4 is 5.32 Å². The molecule has 3 unspecified atom stereocenters. The number of hydrogen-bond donors (Lipinski definition) is 1. The first-order valence-electron chi connectivity index (χ1n) is 7.53. The Balaban J connectivity index is 1.74. The summed E-state index contributed by atoms with van der Waals surface area (Å²) in [5.74, 6) is 2.06. The summed E-state index contributed by atoms with van der Waals surface area (Å²) in [6.45, 7) is 4.10. The number of likely N-dealkylation sites (N-methyl/N-ethyl adjacent to an activating group) is 1. The monoisotopic (exact) mass is 281 g/mol. The van der Waals surface area contributed by atoms with E-state index in [0.29, 0.717) is 36.9 Å². The fourth-order valence-electron chi connectivity index (χ4n) is 2.84. The topological polar surface area (TPSA) is 69.4 Å². The molecule has 6 heteroatoms. The van der Waals surface area contributed by atoms with Crippen molar-refractivity contribution in [3.8, 4) is 0 Å². The summed E-state index contributed by atoms with van der Waals surface area (Å²) < 4.78 is 16.8. The molecule has 1 aliphatic carbocycles. The predicted octanol–water partition coefficient (Wildman–Crippen LogP) is 1.65. The molecule has 0 aromatic carbocycles. The molecule has 0 bridgehead atoms. The largest absolute Gasteiger partial charge is 0.381 e. The molecule has 3 rings (SSSR count). The fraction of sp³-hybridized carbons (Fsp3) is 0.857. The summed E-state index contributed by atoms with van der Waals surface area (Å²) in [7, 11) is 1.97. The van der Waals surface area contributed by atoms with Gasteiger partial charge in [-0.15, -0.1) is 0 Å². The maximum atomic E-state index is 5.77. The van der Waals surface area contributed by atoms with E-state index in [1.807, 2.05) is 14.0 Å². The standard InChI is InChI=1S/C14H23N3O3/c1-3-19-12(9-4-5-9)13-16-14(20-17-13)10-8-18-7-6-11(10)15-2/h9-12,15H,3-8H2,1-2H3. The molecule has 1 aromatic heterocycles. The van der Waals surface area contributed by atoms with E-state index in [-0.39, 0.29) is 12.0 Å². The summed E-state index contributed by atoms with van der Waals surface area (Å²) in [5, 5.41) is 7.46. The third kappa shape index (κ3) is 2.87. The lowest BCUT2D eigenvalue weighted by Crippen LogP contribution is -2.39. The zero-order valence-corrected chi connectivity index (χ0v) is 12.2. The Labute approximate surface area is 119 Å². The lowest BCUT2D eigenvalue weighted by molar-refractivity contribution is 0.0384. The van der Waals surface area contributed by atoms with Crippen LogP contribution in [-0.4, -0.2) is 43.1 Å². The zero-order valence-electron chi connectivity index (χ0n) is 12.2. The summed E-state index contributed by atoms with van der Waals surface area (Å²) in [5.41, 5.74) is 0. The Hall–Kier alpha value is -0.980. The highest BCUT2D eigenvalue weighted by molar-refractivity contribution is 5.04. The molecular weight excluding hydrogens is 258 g/mol. The first kappa shape index (κ1) is 14.0. The molecule has 1 aliphatic heterocycles. The van der Waals surface area contributed by atoms with Crippen LogP contribution in [0.2, 0.25) is 0 Å². The van der Waals surface area contributed by atoms with Gasteiger partial charge in [0.1, 0.15) is 6.10 Å². The molecule has 1 N–H and O–H groups in total. The Kier molecular flexibility index (Phi) is 4.33. The highest BCUT2D eigenvalue weighted by Crippen LogP contribution is 2.42. The van der Waals surface area contributed by atoms with Crippen LogP contribution in [-0.2, 0) is 9.47 Å². The van der Waals surface area contributed by atoms with Gasteiger partial charge in [-0.25, -0.2) is 0 Å². The van der Waals surface area contributed by atoms with E-state index in [2.05, 4.69) is 15.5 Å². The van der Waals surface area contributed by atoms with Crippen molar-refractivity contribution in [3.63, 3.8) is 0 Å². The number of nitrogens with one attached hydrogen (secondary N) is 1. The van der Waals surface area contributed by atoms with Gasteiger partial charge >= 0.3 is 0 Å². The highest BCUT2D eigenvalue weighted by atomic mass is 16.5. The van der Waals surface area contributed by atoms with Crippen LogP contribution in [0.4, 0.5) is 0 Å². The van der Waals surface area contributed by atoms with E-state index < -0.39 is 0 Å². The molecule has 2 aliphatic rings. The van der Waals surface area contributed by atoms with Crippen molar-refractivity contribution in [2.45, 2.75) is 44.2 Å². The molecule has 1 saturated carbocycles. The van der Waals surface area contributed by atoms with Gasteiger partial charge < -0.3 is 19.3 Å². The molecule has 2 fully saturated rings. The van der Waals surface area contributed by atoms with E-state index in [1.165, 1.54) is 12.8 Å². The maximum Gasteiger partial charge on any atom is 0.233 e. The molecule has 2 heterocycles. The van der Waals surface area contributed by atoms with Crippen molar-refractivity contribution in [3.05, 3.63) is 11.7 Å². The Morgan fingerprint density at radius 2 is 2.25 bits per heavy atom. The third-order valence-corrected chi connectivity index (χ3v) is 4.15.